The molecule has 0 spiro atoms. The zero-order valence-corrected chi connectivity index (χ0v) is 20.1. The van der Waals surface area contributed by atoms with Crippen molar-refractivity contribution in [2.75, 3.05) is 20.3 Å². The highest BCUT2D eigenvalue weighted by Gasteiger charge is 2.45. The lowest BCUT2D eigenvalue weighted by Gasteiger charge is -2.25. The smallest absolute Gasteiger partial charge is 0.295 e. The Morgan fingerprint density at radius 3 is 2.46 bits per heavy atom. The van der Waals surface area contributed by atoms with Crippen molar-refractivity contribution in [1.29, 1.82) is 0 Å². The second-order valence-electron chi connectivity index (χ2n) is 8.19. The third-order valence-corrected chi connectivity index (χ3v) is 6.08. The maximum Gasteiger partial charge on any atom is 0.295 e. The maximum absolute atomic E-state index is 13.1. The molecule has 1 amide bonds. The van der Waals surface area contributed by atoms with Gasteiger partial charge in [0.05, 0.1) is 11.6 Å². The van der Waals surface area contributed by atoms with E-state index in [4.69, 9.17) is 21.1 Å². The molecule has 1 atom stereocenters. The van der Waals surface area contributed by atoms with E-state index >= 15 is 0 Å². The number of hydrogen-bond donors (Lipinski definition) is 1. The number of likely N-dealkylation sites (tertiary alicyclic amines) is 1. The number of carbonyl (C=O) groups is 2. The lowest BCUT2D eigenvalue weighted by molar-refractivity contribution is -0.140. The van der Waals surface area contributed by atoms with Crippen molar-refractivity contribution in [3.63, 3.8) is 0 Å². The third kappa shape index (κ3) is 5.56. The Morgan fingerprint density at radius 2 is 1.74 bits per heavy atom. The van der Waals surface area contributed by atoms with E-state index in [9.17, 15) is 14.7 Å². The topological polar surface area (TPSA) is 76.1 Å². The van der Waals surface area contributed by atoms with E-state index in [1.165, 1.54) is 4.90 Å². The molecule has 1 heterocycles. The van der Waals surface area contributed by atoms with Gasteiger partial charge in [-0.3, -0.25) is 9.59 Å². The molecule has 35 heavy (non-hydrogen) atoms. The molecule has 1 aliphatic rings. The van der Waals surface area contributed by atoms with E-state index in [1.807, 2.05) is 48.5 Å². The first-order valence-corrected chi connectivity index (χ1v) is 11.7. The van der Waals surface area contributed by atoms with Gasteiger partial charge in [-0.15, -0.1) is 0 Å². The van der Waals surface area contributed by atoms with Gasteiger partial charge in [-0.2, -0.15) is 0 Å². The molecule has 0 radical (unpaired) electrons. The minimum Gasteiger partial charge on any atom is -0.507 e. The van der Waals surface area contributed by atoms with Gasteiger partial charge >= 0.3 is 0 Å². The van der Waals surface area contributed by atoms with Gasteiger partial charge in [0.25, 0.3) is 11.7 Å². The van der Waals surface area contributed by atoms with Crippen LogP contribution in [0.4, 0.5) is 0 Å². The first kappa shape index (κ1) is 24.5. The van der Waals surface area contributed by atoms with E-state index in [0.29, 0.717) is 48.1 Å². The Hall–Kier alpha value is -3.61. The number of amides is 1. The van der Waals surface area contributed by atoms with Crippen molar-refractivity contribution in [3.05, 3.63) is 106 Å². The summed E-state index contributed by atoms with van der Waals surface area (Å²) in [6.07, 6.45) is 0.547. The van der Waals surface area contributed by atoms with Crippen LogP contribution in [-0.4, -0.2) is 42.0 Å². The number of hydrogen-bond acceptors (Lipinski definition) is 5. The summed E-state index contributed by atoms with van der Waals surface area (Å²) in [5.74, 6) is -1.03. The van der Waals surface area contributed by atoms with Crippen molar-refractivity contribution in [3.8, 4) is 5.75 Å². The molecule has 3 aromatic carbocycles. The fourth-order valence-electron chi connectivity index (χ4n) is 4.12. The lowest BCUT2D eigenvalue weighted by atomic mass is 9.95. The first-order valence-electron chi connectivity index (χ1n) is 11.3. The van der Waals surface area contributed by atoms with Crippen LogP contribution in [0.25, 0.3) is 5.76 Å². The summed E-state index contributed by atoms with van der Waals surface area (Å²) >= 11 is 5.99. The number of rotatable bonds is 9. The number of aliphatic hydroxyl groups is 1. The number of halogens is 1. The molecular weight excluding hydrogens is 466 g/mol. The zero-order valence-electron chi connectivity index (χ0n) is 19.3. The number of ketones is 1. The summed E-state index contributed by atoms with van der Waals surface area (Å²) in [4.78, 5) is 27.6. The zero-order chi connectivity index (χ0) is 24.8. The van der Waals surface area contributed by atoms with Crippen molar-refractivity contribution < 1.29 is 24.2 Å². The second-order valence-corrected chi connectivity index (χ2v) is 8.63. The average Bonchev–Trinajstić information content (AvgIpc) is 3.13. The molecule has 180 valence electrons. The van der Waals surface area contributed by atoms with Crippen LogP contribution in [-0.2, 0) is 20.9 Å². The highest BCUT2D eigenvalue weighted by molar-refractivity contribution is 6.46. The quantitative estimate of drug-likeness (QED) is 0.188. The van der Waals surface area contributed by atoms with Gasteiger partial charge in [0.1, 0.15) is 18.1 Å². The minimum absolute atomic E-state index is 0.0370. The van der Waals surface area contributed by atoms with E-state index in [2.05, 4.69) is 0 Å². The Morgan fingerprint density at radius 1 is 1.00 bits per heavy atom. The SMILES string of the molecule is COCCCN1C(=O)C(=O)/C(=C(/O)c2ccc(Cl)cc2)C1c1cccc(OCc2ccccc2)c1. The molecule has 7 heteroatoms. The number of nitrogens with zero attached hydrogens (tertiary/aromatic N) is 1. The maximum atomic E-state index is 13.1. The molecular formula is C28H26ClNO5. The molecule has 1 unspecified atom stereocenters. The number of benzene rings is 3. The van der Waals surface area contributed by atoms with Gasteiger partial charge in [-0.1, -0.05) is 54.1 Å². The minimum atomic E-state index is -0.761. The molecule has 1 saturated heterocycles. The van der Waals surface area contributed by atoms with Gasteiger partial charge in [0, 0.05) is 30.8 Å². The van der Waals surface area contributed by atoms with Crippen LogP contribution in [0.5, 0.6) is 5.75 Å². The molecule has 1 N–H and O–H groups in total. The largest absolute Gasteiger partial charge is 0.507 e. The lowest BCUT2D eigenvalue weighted by Crippen LogP contribution is -2.31. The molecule has 3 aromatic rings. The van der Waals surface area contributed by atoms with Crippen LogP contribution in [0.3, 0.4) is 0 Å². The summed E-state index contributed by atoms with van der Waals surface area (Å²) in [5, 5.41) is 11.6. The number of methoxy groups -OCH3 is 1. The standard InChI is InChI=1S/C28H26ClNO5/c1-34-16-6-15-30-25(21-9-5-10-23(17-21)35-18-19-7-3-2-4-8-19)24(27(32)28(30)33)26(31)20-11-13-22(29)14-12-20/h2-5,7-14,17,25,31H,6,15-16,18H2,1H3/b26-24+. The molecule has 0 aromatic heterocycles. The summed E-state index contributed by atoms with van der Waals surface area (Å²) in [5.41, 5.74) is 2.13. The molecule has 0 saturated carbocycles. The van der Waals surface area contributed by atoms with Crippen LogP contribution < -0.4 is 4.74 Å². The molecule has 1 aliphatic heterocycles. The van der Waals surface area contributed by atoms with Gasteiger partial charge in [0.2, 0.25) is 0 Å². The van der Waals surface area contributed by atoms with Gasteiger partial charge in [-0.25, -0.2) is 0 Å². The fourth-order valence-corrected chi connectivity index (χ4v) is 4.24. The van der Waals surface area contributed by atoms with Crippen molar-refractivity contribution >= 4 is 29.1 Å². The first-order chi connectivity index (χ1) is 17.0. The van der Waals surface area contributed by atoms with Gasteiger partial charge in [-0.05, 0) is 53.9 Å². The summed E-state index contributed by atoms with van der Waals surface area (Å²) in [6, 6.07) is 22.8. The third-order valence-electron chi connectivity index (χ3n) is 5.83. The highest BCUT2D eigenvalue weighted by Crippen LogP contribution is 2.40. The normalized spacial score (nSPS) is 17.1. The molecule has 1 fully saturated rings. The predicted molar refractivity (Wildman–Crippen MR) is 134 cm³/mol. The van der Waals surface area contributed by atoms with Crippen LogP contribution in [0, 0.1) is 0 Å². The number of aliphatic hydroxyl groups excluding tert-OH is 1. The highest BCUT2D eigenvalue weighted by atomic mass is 35.5. The van der Waals surface area contributed by atoms with Gasteiger partial charge in [0.15, 0.2) is 0 Å². The number of Topliss-reactive ketones (excluding diaryl/α,β-unsaturated/α-hetero) is 1. The fraction of sp³-hybridized carbons (Fsp3) is 0.214. The predicted octanol–water partition coefficient (Wildman–Crippen LogP) is 5.38. The summed E-state index contributed by atoms with van der Waals surface area (Å²) in [6.45, 7) is 1.12. The van der Waals surface area contributed by atoms with Crippen molar-refractivity contribution in [2.24, 2.45) is 0 Å². The number of ether oxygens (including phenoxy) is 2. The van der Waals surface area contributed by atoms with E-state index in [1.54, 1.807) is 37.4 Å². The summed E-state index contributed by atoms with van der Waals surface area (Å²) < 4.78 is 11.1. The monoisotopic (exact) mass is 491 g/mol. The second kappa shape index (κ2) is 11.2. The van der Waals surface area contributed by atoms with Crippen LogP contribution in [0.1, 0.15) is 29.2 Å². The Balaban J connectivity index is 1.72. The Labute approximate surface area is 209 Å². The summed E-state index contributed by atoms with van der Waals surface area (Å²) in [7, 11) is 1.58. The van der Waals surface area contributed by atoms with Gasteiger partial charge < -0.3 is 19.5 Å². The van der Waals surface area contributed by atoms with Crippen LogP contribution >= 0.6 is 11.6 Å². The molecule has 4 rings (SSSR count). The van der Waals surface area contributed by atoms with Crippen LogP contribution in [0.15, 0.2) is 84.4 Å². The molecule has 0 bridgehead atoms. The Kier molecular flexibility index (Phi) is 7.85. The van der Waals surface area contributed by atoms with Crippen molar-refractivity contribution in [1.82, 2.24) is 4.90 Å². The van der Waals surface area contributed by atoms with Crippen molar-refractivity contribution in [2.45, 2.75) is 19.1 Å². The molecule has 0 aliphatic carbocycles. The van der Waals surface area contributed by atoms with Crippen LogP contribution in [0.2, 0.25) is 5.02 Å². The van der Waals surface area contributed by atoms with E-state index < -0.39 is 17.7 Å². The molecule has 6 nitrogen and oxygen atoms in total. The van der Waals surface area contributed by atoms with E-state index in [0.717, 1.165) is 5.56 Å². The van der Waals surface area contributed by atoms with E-state index in [-0.39, 0.29) is 11.3 Å². The Bertz CT molecular complexity index is 1220. The number of carbonyl (C=O) groups excluding carboxylic acids is 2. The average molecular weight is 492 g/mol.